The molecule has 6 heteroatoms. The highest BCUT2D eigenvalue weighted by molar-refractivity contribution is 5.42. The Morgan fingerprint density at radius 2 is 2.00 bits per heavy atom. The summed E-state index contributed by atoms with van der Waals surface area (Å²) in [6.07, 6.45) is -1.09. The van der Waals surface area contributed by atoms with Crippen LogP contribution < -0.4 is 10.2 Å². The van der Waals surface area contributed by atoms with Crippen molar-refractivity contribution in [1.82, 2.24) is 10.3 Å². The summed E-state index contributed by atoms with van der Waals surface area (Å²) in [6.45, 7) is 5.69. The second-order valence-electron chi connectivity index (χ2n) is 5.48. The molecule has 108 valence electrons. The number of nitrogens with one attached hydrogen (secondary N) is 1. The van der Waals surface area contributed by atoms with Crippen LogP contribution in [0.15, 0.2) is 12.3 Å². The first-order chi connectivity index (χ1) is 8.70. The summed E-state index contributed by atoms with van der Waals surface area (Å²) in [7, 11) is 1.40. The summed E-state index contributed by atoms with van der Waals surface area (Å²) in [5.74, 6) is -0.601. The first-order valence-electron chi connectivity index (χ1n) is 6.08. The maximum Gasteiger partial charge on any atom is 0.255 e. The van der Waals surface area contributed by atoms with E-state index in [0.717, 1.165) is 4.90 Å². The molecule has 1 N–H and O–H groups in total. The summed E-state index contributed by atoms with van der Waals surface area (Å²) in [6, 6.07) is 1.55. The third-order valence-corrected chi connectivity index (χ3v) is 2.53. The van der Waals surface area contributed by atoms with Gasteiger partial charge < -0.3 is 10.2 Å². The van der Waals surface area contributed by atoms with Gasteiger partial charge in [0.25, 0.3) is 6.43 Å². The predicted octanol–water partition coefficient (Wildman–Crippen LogP) is 2.81. The van der Waals surface area contributed by atoms with Gasteiger partial charge in [-0.3, -0.25) is 0 Å². The first-order valence-corrected chi connectivity index (χ1v) is 6.08. The molecule has 1 aromatic heterocycles. The molecule has 0 aliphatic heterocycles. The minimum Gasteiger partial charge on any atom is -0.352 e. The normalized spacial score (nSPS) is 12.0. The zero-order valence-electron chi connectivity index (χ0n) is 11.7. The second kappa shape index (κ2) is 6.23. The fourth-order valence-electron chi connectivity index (χ4n) is 1.53. The Labute approximate surface area is 111 Å². The number of alkyl halides is 2. The molecule has 0 radical (unpaired) electrons. The van der Waals surface area contributed by atoms with Gasteiger partial charge in [-0.25, -0.2) is 18.2 Å². The molecule has 0 unspecified atom stereocenters. The number of nitrogens with zero attached hydrogens (tertiary/aromatic N) is 2. The molecule has 1 aromatic rings. The van der Waals surface area contributed by atoms with Crippen molar-refractivity contribution in [2.75, 3.05) is 18.5 Å². The predicted molar refractivity (Wildman–Crippen MR) is 70.1 cm³/mol. The zero-order valence-corrected chi connectivity index (χ0v) is 11.7. The SMILES string of the molecule is CN(CC(F)F)c1nccc(CNC(C)(C)C)c1F. The van der Waals surface area contributed by atoms with E-state index in [1.54, 1.807) is 6.07 Å². The van der Waals surface area contributed by atoms with Gasteiger partial charge >= 0.3 is 0 Å². The van der Waals surface area contributed by atoms with Crippen molar-refractivity contribution in [1.29, 1.82) is 0 Å². The first kappa shape index (κ1) is 15.8. The van der Waals surface area contributed by atoms with Gasteiger partial charge in [-0.2, -0.15) is 0 Å². The Hall–Kier alpha value is -1.30. The fraction of sp³-hybridized carbons (Fsp3) is 0.615. The molecule has 1 heterocycles. The topological polar surface area (TPSA) is 28.2 Å². The van der Waals surface area contributed by atoms with Gasteiger partial charge in [-0.1, -0.05) is 0 Å². The molecule has 0 spiro atoms. The standard InChI is InChI=1S/C13H20F3N3/c1-13(2,3)18-7-9-5-6-17-12(11(9)16)19(4)8-10(14)15/h5-6,10,18H,7-8H2,1-4H3. The van der Waals surface area contributed by atoms with E-state index in [2.05, 4.69) is 10.3 Å². The van der Waals surface area contributed by atoms with Crippen LogP contribution in [0.1, 0.15) is 26.3 Å². The lowest BCUT2D eigenvalue weighted by Crippen LogP contribution is -2.35. The monoisotopic (exact) mass is 275 g/mol. The van der Waals surface area contributed by atoms with Crippen molar-refractivity contribution in [3.8, 4) is 0 Å². The highest BCUT2D eigenvalue weighted by atomic mass is 19.3. The molecule has 0 saturated heterocycles. The highest BCUT2D eigenvalue weighted by Gasteiger charge is 2.17. The lowest BCUT2D eigenvalue weighted by atomic mass is 10.1. The number of pyridine rings is 1. The number of halogens is 3. The molecule has 0 bridgehead atoms. The van der Waals surface area contributed by atoms with E-state index in [0.29, 0.717) is 12.1 Å². The third-order valence-electron chi connectivity index (χ3n) is 2.53. The molecule has 0 fully saturated rings. The molecule has 0 aromatic carbocycles. The molecular formula is C13H20F3N3. The van der Waals surface area contributed by atoms with E-state index in [4.69, 9.17) is 0 Å². The Bertz CT molecular complexity index is 416. The number of hydrogen-bond donors (Lipinski definition) is 1. The Morgan fingerprint density at radius 1 is 1.37 bits per heavy atom. The van der Waals surface area contributed by atoms with Crippen molar-refractivity contribution in [2.45, 2.75) is 39.3 Å². The fourth-order valence-corrected chi connectivity index (χ4v) is 1.53. The number of rotatable bonds is 5. The van der Waals surface area contributed by atoms with Crippen molar-refractivity contribution in [3.63, 3.8) is 0 Å². The molecule has 0 saturated carbocycles. The van der Waals surface area contributed by atoms with E-state index in [1.807, 2.05) is 20.8 Å². The van der Waals surface area contributed by atoms with Crippen molar-refractivity contribution in [2.24, 2.45) is 0 Å². The van der Waals surface area contributed by atoms with E-state index in [1.165, 1.54) is 13.2 Å². The van der Waals surface area contributed by atoms with Crippen LogP contribution in [-0.2, 0) is 6.54 Å². The molecule has 0 aliphatic rings. The van der Waals surface area contributed by atoms with Crippen LogP contribution >= 0.6 is 0 Å². The van der Waals surface area contributed by atoms with Gasteiger partial charge in [0, 0.05) is 30.9 Å². The summed E-state index contributed by atoms with van der Waals surface area (Å²) < 4.78 is 38.8. The smallest absolute Gasteiger partial charge is 0.255 e. The Morgan fingerprint density at radius 3 is 2.53 bits per heavy atom. The van der Waals surface area contributed by atoms with E-state index in [9.17, 15) is 13.2 Å². The molecule has 1 rings (SSSR count). The van der Waals surface area contributed by atoms with Crippen LogP contribution in [0, 0.1) is 5.82 Å². The third kappa shape index (κ3) is 5.06. The molecule has 3 nitrogen and oxygen atoms in total. The highest BCUT2D eigenvalue weighted by Crippen LogP contribution is 2.19. The summed E-state index contributed by atoms with van der Waals surface area (Å²) >= 11 is 0. The number of aromatic nitrogens is 1. The van der Waals surface area contributed by atoms with E-state index < -0.39 is 18.8 Å². The molecule has 0 aliphatic carbocycles. The van der Waals surface area contributed by atoms with Gasteiger partial charge in [0.15, 0.2) is 11.6 Å². The van der Waals surface area contributed by atoms with E-state index >= 15 is 0 Å². The maximum atomic E-state index is 14.2. The zero-order chi connectivity index (χ0) is 14.6. The average Bonchev–Trinajstić information content (AvgIpc) is 2.25. The minimum absolute atomic E-state index is 0.0477. The van der Waals surface area contributed by atoms with Gasteiger partial charge in [-0.15, -0.1) is 0 Å². The van der Waals surface area contributed by atoms with Crippen molar-refractivity contribution in [3.05, 3.63) is 23.6 Å². The minimum atomic E-state index is -2.53. The van der Waals surface area contributed by atoms with Crippen LogP contribution in [-0.4, -0.2) is 30.5 Å². The molecule has 0 amide bonds. The average molecular weight is 275 g/mol. The Balaban J connectivity index is 2.86. The van der Waals surface area contributed by atoms with Crippen molar-refractivity contribution < 1.29 is 13.2 Å². The van der Waals surface area contributed by atoms with Crippen LogP contribution in [0.4, 0.5) is 19.0 Å². The maximum absolute atomic E-state index is 14.2. The summed E-state index contributed by atoms with van der Waals surface area (Å²) in [4.78, 5) is 4.95. The lowest BCUT2D eigenvalue weighted by molar-refractivity contribution is 0.156. The molecule has 0 atom stereocenters. The van der Waals surface area contributed by atoms with Gasteiger partial charge in [-0.05, 0) is 26.8 Å². The number of anilines is 1. The van der Waals surface area contributed by atoms with Crippen LogP contribution in [0.5, 0.6) is 0 Å². The molecule has 19 heavy (non-hydrogen) atoms. The quantitative estimate of drug-likeness (QED) is 0.895. The second-order valence-corrected chi connectivity index (χ2v) is 5.48. The summed E-state index contributed by atoms with van der Waals surface area (Å²) in [5.41, 5.74) is 0.270. The van der Waals surface area contributed by atoms with Crippen LogP contribution in [0.2, 0.25) is 0 Å². The van der Waals surface area contributed by atoms with Crippen LogP contribution in [0.25, 0.3) is 0 Å². The van der Waals surface area contributed by atoms with E-state index in [-0.39, 0.29) is 11.4 Å². The van der Waals surface area contributed by atoms with Crippen molar-refractivity contribution >= 4 is 5.82 Å². The van der Waals surface area contributed by atoms with Gasteiger partial charge in [0.05, 0.1) is 6.54 Å². The number of hydrogen-bond acceptors (Lipinski definition) is 3. The molecular weight excluding hydrogens is 255 g/mol. The Kier molecular flexibility index (Phi) is 5.17. The van der Waals surface area contributed by atoms with Crippen LogP contribution in [0.3, 0.4) is 0 Å². The lowest BCUT2D eigenvalue weighted by Gasteiger charge is -2.22. The van der Waals surface area contributed by atoms with Gasteiger partial charge in [0.1, 0.15) is 0 Å². The summed E-state index contributed by atoms with van der Waals surface area (Å²) in [5, 5.41) is 3.15. The van der Waals surface area contributed by atoms with Gasteiger partial charge in [0.2, 0.25) is 0 Å². The largest absolute Gasteiger partial charge is 0.352 e.